The molecule has 3 aromatic heterocycles. The minimum Gasteiger partial charge on any atom is -0.396 e. The molecule has 3 aromatic rings. The maximum Gasteiger partial charge on any atom is 0.161 e. The van der Waals surface area contributed by atoms with E-state index in [0.717, 1.165) is 41.7 Å². The van der Waals surface area contributed by atoms with Crippen LogP contribution < -0.4 is 10.2 Å². The van der Waals surface area contributed by atoms with Crippen LogP contribution >= 0.6 is 0 Å². The van der Waals surface area contributed by atoms with Crippen LogP contribution in [-0.4, -0.2) is 62.4 Å². The minimum absolute atomic E-state index is 0.0434. The molecular formula is C26H34N6O2. The predicted octanol–water partition coefficient (Wildman–Crippen LogP) is 2.99. The van der Waals surface area contributed by atoms with Gasteiger partial charge in [-0.05, 0) is 49.4 Å². The van der Waals surface area contributed by atoms with Crippen LogP contribution in [0.3, 0.4) is 0 Å². The first-order valence-electron chi connectivity index (χ1n) is 12.2. The smallest absolute Gasteiger partial charge is 0.161 e. The number of nitrogens with zero attached hydrogens (tertiary/aromatic N) is 5. The molecule has 3 N–H and O–H groups in total. The number of nitrogens with one attached hydrogen (secondary N) is 1. The largest absolute Gasteiger partial charge is 0.396 e. The quantitative estimate of drug-likeness (QED) is 0.531. The zero-order chi connectivity index (χ0) is 24.1. The van der Waals surface area contributed by atoms with Gasteiger partial charge in [-0.3, -0.25) is 4.98 Å². The van der Waals surface area contributed by atoms with Crippen molar-refractivity contribution >= 4 is 16.6 Å². The molecule has 0 spiro atoms. The molecule has 3 atom stereocenters. The monoisotopic (exact) mass is 462 g/mol. The van der Waals surface area contributed by atoms with Crippen LogP contribution in [0.1, 0.15) is 57.8 Å². The minimum atomic E-state index is -1.12. The summed E-state index contributed by atoms with van der Waals surface area (Å²) in [4.78, 5) is 21.1. The van der Waals surface area contributed by atoms with E-state index in [1.165, 1.54) is 0 Å². The van der Waals surface area contributed by atoms with Gasteiger partial charge in [-0.25, -0.2) is 15.0 Å². The van der Waals surface area contributed by atoms with Crippen LogP contribution in [0.2, 0.25) is 0 Å². The zero-order valence-electron chi connectivity index (χ0n) is 20.4. The summed E-state index contributed by atoms with van der Waals surface area (Å²) >= 11 is 0. The van der Waals surface area contributed by atoms with Gasteiger partial charge in [0.05, 0.1) is 11.4 Å². The molecule has 2 aliphatic rings. The Labute approximate surface area is 200 Å². The predicted molar refractivity (Wildman–Crippen MR) is 133 cm³/mol. The maximum absolute atomic E-state index is 11.6. The molecule has 8 heteroatoms. The number of aliphatic hydroxyl groups is 2. The van der Waals surface area contributed by atoms with Crippen molar-refractivity contribution in [2.45, 2.75) is 58.1 Å². The van der Waals surface area contributed by atoms with Crippen LogP contribution in [-0.2, 0) is 5.60 Å². The molecule has 8 nitrogen and oxygen atoms in total. The highest BCUT2D eigenvalue weighted by atomic mass is 16.3. The summed E-state index contributed by atoms with van der Waals surface area (Å²) in [6.07, 6.45) is 7.17. The SMILES string of the molecule is C[C@H](CO)c1cnc(N2CC[C@H]2C)c2cnc(-c3ccnc(C4(O)CCNCC4(C)C)n3)cc12. The van der Waals surface area contributed by atoms with Crippen LogP contribution in [0.5, 0.6) is 0 Å². The molecule has 0 aromatic carbocycles. The zero-order valence-corrected chi connectivity index (χ0v) is 20.4. The number of rotatable bonds is 5. The summed E-state index contributed by atoms with van der Waals surface area (Å²) in [6, 6.07) is 4.33. The second-order valence-corrected chi connectivity index (χ2v) is 10.5. The number of aliphatic hydroxyl groups excluding tert-OH is 1. The number of aromatic nitrogens is 4. The van der Waals surface area contributed by atoms with Gasteiger partial charge in [0.2, 0.25) is 0 Å². The summed E-state index contributed by atoms with van der Waals surface area (Å²) < 4.78 is 0. The average Bonchev–Trinajstić information content (AvgIpc) is 2.84. The number of piperidine rings is 1. The van der Waals surface area contributed by atoms with E-state index in [2.05, 4.69) is 22.1 Å². The van der Waals surface area contributed by atoms with Gasteiger partial charge in [0.15, 0.2) is 5.82 Å². The Morgan fingerprint density at radius 1 is 1.18 bits per heavy atom. The molecule has 34 heavy (non-hydrogen) atoms. The third-order valence-corrected chi connectivity index (χ3v) is 7.82. The van der Waals surface area contributed by atoms with E-state index in [1.54, 1.807) is 6.20 Å². The van der Waals surface area contributed by atoms with Gasteiger partial charge in [0.1, 0.15) is 11.4 Å². The first kappa shape index (κ1) is 23.1. The Balaban J connectivity index is 1.62. The number of pyridine rings is 2. The molecule has 1 unspecified atom stereocenters. The van der Waals surface area contributed by atoms with E-state index in [4.69, 9.17) is 15.0 Å². The van der Waals surface area contributed by atoms with Crippen molar-refractivity contribution in [1.82, 2.24) is 25.3 Å². The molecule has 2 fully saturated rings. The normalized spacial score (nSPS) is 25.2. The van der Waals surface area contributed by atoms with Crippen LogP contribution in [0, 0.1) is 5.41 Å². The van der Waals surface area contributed by atoms with Gasteiger partial charge in [0.25, 0.3) is 0 Å². The Morgan fingerprint density at radius 3 is 2.68 bits per heavy atom. The lowest BCUT2D eigenvalue weighted by Crippen LogP contribution is -2.54. The maximum atomic E-state index is 11.6. The second-order valence-electron chi connectivity index (χ2n) is 10.5. The number of fused-ring (bicyclic) bond motifs is 1. The molecule has 5 rings (SSSR count). The highest BCUT2D eigenvalue weighted by molar-refractivity contribution is 5.96. The highest BCUT2D eigenvalue weighted by Crippen LogP contribution is 2.43. The molecule has 5 heterocycles. The van der Waals surface area contributed by atoms with Gasteiger partial charge in [-0.2, -0.15) is 0 Å². The van der Waals surface area contributed by atoms with Crippen LogP contribution in [0.4, 0.5) is 5.82 Å². The molecule has 0 saturated carbocycles. The third kappa shape index (κ3) is 3.65. The van der Waals surface area contributed by atoms with Crippen LogP contribution in [0.15, 0.2) is 30.7 Å². The van der Waals surface area contributed by atoms with E-state index < -0.39 is 11.0 Å². The first-order chi connectivity index (χ1) is 16.2. The molecule has 0 bridgehead atoms. The topological polar surface area (TPSA) is 107 Å². The summed E-state index contributed by atoms with van der Waals surface area (Å²) in [5.41, 5.74) is 0.857. The Kier molecular flexibility index (Phi) is 5.78. The van der Waals surface area contributed by atoms with Crippen molar-refractivity contribution in [3.63, 3.8) is 0 Å². The van der Waals surface area contributed by atoms with Crippen molar-refractivity contribution < 1.29 is 10.2 Å². The van der Waals surface area contributed by atoms with E-state index in [9.17, 15) is 10.2 Å². The standard InChI is InChI=1S/C26H34N6O2/c1-16(14-33)19-12-30-23(32-10-6-17(32)2)20-13-29-22(11-18(19)20)21-5-8-28-24(31-21)26(34)7-9-27-15-25(26,3)4/h5,8,11-13,16-17,27,33-34H,6-7,9-10,14-15H2,1-4H3/t16-,17-,26?/m1/s1. The number of anilines is 1. The number of hydrogen-bond donors (Lipinski definition) is 3. The van der Waals surface area contributed by atoms with Crippen LogP contribution in [0.25, 0.3) is 22.2 Å². The highest BCUT2D eigenvalue weighted by Gasteiger charge is 2.49. The Morgan fingerprint density at radius 2 is 2.00 bits per heavy atom. The van der Waals surface area contributed by atoms with E-state index >= 15 is 0 Å². The van der Waals surface area contributed by atoms with E-state index in [1.807, 2.05) is 45.3 Å². The molecule has 0 aliphatic carbocycles. The first-order valence-corrected chi connectivity index (χ1v) is 12.2. The molecule has 0 radical (unpaired) electrons. The van der Waals surface area contributed by atoms with Crippen molar-refractivity contribution in [1.29, 1.82) is 0 Å². The molecular weight excluding hydrogens is 428 g/mol. The lowest BCUT2D eigenvalue weighted by Gasteiger charge is -2.45. The fourth-order valence-corrected chi connectivity index (χ4v) is 5.10. The van der Waals surface area contributed by atoms with E-state index in [-0.39, 0.29) is 12.5 Å². The fraction of sp³-hybridized carbons (Fsp3) is 0.538. The summed E-state index contributed by atoms with van der Waals surface area (Å²) in [7, 11) is 0. The van der Waals surface area contributed by atoms with Gasteiger partial charge in [0, 0.05) is 61.0 Å². The number of hydrogen-bond acceptors (Lipinski definition) is 8. The molecule has 0 amide bonds. The fourth-order valence-electron chi connectivity index (χ4n) is 5.10. The lowest BCUT2D eigenvalue weighted by molar-refractivity contribution is -0.101. The van der Waals surface area contributed by atoms with Crippen molar-refractivity contribution in [2.24, 2.45) is 5.41 Å². The summed E-state index contributed by atoms with van der Waals surface area (Å²) in [6.45, 7) is 10.7. The summed E-state index contributed by atoms with van der Waals surface area (Å²) in [5, 5.41) is 26.8. The van der Waals surface area contributed by atoms with Gasteiger partial charge < -0.3 is 20.4 Å². The molecule has 2 aliphatic heterocycles. The van der Waals surface area contributed by atoms with Crippen molar-refractivity contribution in [3.8, 4) is 11.4 Å². The van der Waals surface area contributed by atoms with Gasteiger partial charge in [-0.15, -0.1) is 0 Å². The molecule has 2 saturated heterocycles. The Bertz CT molecular complexity index is 1220. The lowest BCUT2D eigenvalue weighted by atomic mass is 9.70. The van der Waals surface area contributed by atoms with Crippen molar-refractivity contribution in [2.75, 3.05) is 31.1 Å². The van der Waals surface area contributed by atoms with Gasteiger partial charge >= 0.3 is 0 Å². The second kappa shape index (κ2) is 8.52. The van der Waals surface area contributed by atoms with Crippen molar-refractivity contribution in [3.05, 3.63) is 42.1 Å². The molecule has 180 valence electrons. The Hall–Kier alpha value is -2.68. The van der Waals surface area contributed by atoms with Gasteiger partial charge in [-0.1, -0.05) is 20.8 Å². The third-order valence-electron chi connectivity index (χ3n) is 7.82. The van der Waals surface area contributed by atoms with E-state index in [0.29, 0.717) is 36.2 Å². The average molecular weight is 463 g/mol. The summed E-state index contributed by atoms with van der Waals surface area (Å²) in [5.74, 6) is 1.33.